The predicted octanol–water partition coefficient (Wildman–Crippen LogP) is 7.20. The van der Waals surface area contributed by atoms with Crippen molar-refractivity contribution in [3.05, 3.63) is 71.8 Å². The fourth-order valence-electron chi connectivity index (χ4n) is 5.41. The number of unbranched alkanes of at least 4 members (excludes halogenated alkanes) is 6. The van der Waals surface area contributed by atoms with E-state index in [1.165, 1.54) is 32.1 Å². The quantitative estimate of drug-likeness (QED) is 0.114. The van der Waals surface area contributed by atoms with Crippen LogP contribution in [0.1, 0.15) is 103 Å². The highest BCUT2D eigenvalue weighted by molar-refractivity contribution is 5.81. The average Bonchev–Trinajstić information content (AvgIpc) is 3.00. The van der Waals surface area contributed by atoms with Crippen molar-refractivity contribution < 1.29 is 19.1 Å². The van der Waals surface area contributed by atoms with Crippen LogP contribution >= 0.6 is 0 Å². The third-order valence-corrected chi connectivity index (χ3v) is 7.85. The topological polar surface area (TPSA) is 84.5 Å². The van der Waals surface area contributed by atoms with Crippen LogP contribution in [0.4, 0.5) is 0 Å². The van der Waals surface area contributed by atoms with Crippen LogP contribution in [-0.4, -0.2) is 37.0 Å². The zero-order chi connectivity index (χ0) is 30.4. The first-order valence-corrected chi connectivity index (χ1v) is 16.3. The van der Waals surface area contributed by atoms with Gasteiger partial charge in [-0.3, -0.25) is 14.4 Å². The molecule has 2 N–H and O–H groups in total. The predicted molar refractivity (Wildman–Crippen MR) is 171 cm³/mol. The fraction of sp³-hybridized carbons (Fsp3) is 0.583. The minimum Gasteiger partial charge on any atom is -0.466 e. The lowest BCUT2D eigenvalue weighted by Gasteiger charge is -2.26. The number of amides is 2. The van der Waals surface area contributed by atoms with E-state index in [9.17, 15) is 14.4 Å². The molecular formula is C36H54N2O4. The summed E-state index contributed by atoms with van der Waals surface area (Å²) in [5.41, 5.74) is 2.12. The Morgan fingerprint density at radius 3 is 1.86 bits per heavy atom. The monoisotopic (exact) mass is 578 g/mol. The van der Waals surface area contributed by atoms with Gasteiger partial charge >= 0.3 is 5.97 Å². The second-order valence-electron chi connectivity index (χ2n) is 11.4. The number of carbonyl (C=O) groups excluding carboxylic acids is 3. The van der Waals surface area contributed by atoms with Gasteiger partial charge < -0.3 is 15.4 Å². The number of esters is 1. The van der Waals surface area contributed by atoms with Crippen molar-refractivity contribution >= 4 is 17.8 Å². The van der Waals surface area contributed by atoms with Crippen LogP contribution in [0.5, 0.6) is 0 Å². The van der Waals surface area contributed by atoms with Gasteiger partial charge in [-0.25, -0.2) is 0 Å². The summed E-state index contributed by atoms with van der Waals surface area (Å²) < 4.78 is 5.46. The molecule has 3 atom stereocenters. The Hall–Kier alpha value is -3.15. The van der Waals surface area contributed by atoms with Gasteiger partial charge in [-0.15, -0.1) is 0 Å². The maximum absolute atomic E-state index is 13.9. The lowest BCUT2D eigenvalue weighted by Crippen LogP contribution is -2.42. The van der Waals surface area contributed by atoms with Gasteiger partial charge in [-0.05, 0) is 50.2 Å². The third-order valence-electron chi connectivity index (χ3n) is 7.85. The molecule has 6 heteroatoms. The van der Waals surface area contributed by atoms with E-state index in [1.54, 1.807) is 0 Å². The Bertz CT molecular complexity index is 1010. The highest BCUT2D eigenvalue weighted by Crippen LogP contribution is 2.24. The Labute approximate surface area is 254 Å². The van der Waals surface area contributed by atoms with Gasteiger partial charge in [-0.2, -0.15) is 0 Å². The molecule has 0 aliphatic heterocycles. The minimum atomic E-state index is -0.419. The van der Waals surface area contributed by atoms with Crippen LogP contribution < -0.4 is 10.6 Å². The summed E-state index contributed by atoms with van der Waals surface area (Å²) in [5, 5.41) is 6.31. The smallest absolute Gasteiger partial charge is 0.309 e. The van der Waals surface area contributed by atoms with Crippen LogP contribution in [-0.2, 0) is 32.0 Å². The molecule has 0 radical (unpaired) electrons. The summed E-state index contributed by atoms with van der Waals surface area (Å²) in [6, 6.07) is 19.9. The molecule has 0 saturated heterocycles. The largest absolute Gasteiger partial charge is 0.466 e. The summed E-state index contributed by atoms with van der Waals surface area (Å²) >= 11 is 0. The molecule has 232 valence electrons. The first-order valence-electron chi connectivity index (χ1n) is 16.3. The van der Waals surface area contributed by atoms with E-state index in [0.717, 1.165) is 30.4 Å². The normalized spacial score (nSPS) is 13.1. The van der Waals surface area contributed by atoms with E-state index in [4.69, 9.17) is 4.74 Å². The average molecular weight is 579 g/mol. The second-order valence-corrected chi connectivity index (χ2v) is 11.4. The molecular weight excluding hydrogens is 524 g/mol. The highest BCUT2D eigenvalue weighted by atomic mass is 16.5. The molecule has 2 rings (SSSR count). The number of hydrogen-bond acceptors (Lipinski definition) is 4. The van der Waals surface area contributed by atoms with E-state index >= 15 is 0 Å². The van der Waals surface area contributed by atoms with Crippen LogP contribution in [0.25, 0.3) is 0 Å². The number of rotatable bonds is 22. The van der Waals surface area contributed by atoms with E-state index < -0.39 is 5.92 Å². The van der Waals surface area contributed by atoms with Crippen LogP contribution in [0, 0.1) is 11.8 Å². The first-order chi connectivity index (χ1) is 20.5. The molecule has 2 aromatic carbocycles. The van der Waals surface area contributed by atoms with Gasteiger partial charge in [0.15, 0.2) is 0 Å². The number of carbonyl (C=O) groups is 3. The number of hydrogen-bond donors (Lipinski definition) is 2. The van der Waals surface area contributed by atoms with E-state index in [-0.39, 0.29) is 29.7 Å². The third kappa shape index (κ3) is 14.7. The molecule has 6 nitrogen and oxygen atoms in total. The molecule has 0 saturated carbocycles. The summed E-state index contributed by atoms with van der Waals surface area (Å²) in [4.78, 5) is 38.9. The molecule has 0 fully saturated rings. The van der Waals surface area contributed by atoms with E-state index in [0.29, 0.717) is 45.3 Å². The van der Waals surface area contributed by atoms with E-state index in [1.807, 2.05) is 74.5 Å². The summed E-state index contributed by atoms with van der Waals surface area (Å²) in [6.45, 7) is 6.74. The maximum Gasteiger partial charge on any atom is 0.309 e. The highest BCUT2D eigenvalue weighted by Gasteiger charge is 2.30. The number of nitrogens with one attached hydrogen (secondary N) is 2. The van der Waals surface area contributed by atoms with Gasteiger partial charge in [0.1, 0.15) is 0 Å². The van der Waals surface area contributed by atoms with Crippen LogP contribution in [0.15, 0.2) is 60.7 Å². The molecule has 0 aromatic heterocycles. The Balaban J connectivity index is 2.16. The molecule has 42 heavy (non-hydrogen) atoms. The van der Waals surface area contributed by atoms with Crippen molar-refractivity contribution in [3.63, 3.8) is 0 Å². The number of ether oxygens (including phenoxy) is 1. The van der Waals surface area contributed by atoms with Crippen molar-refractivity contribution in [2.45, 2.75) is 110 Å². The lowest BCUT2D eigenvalue weighted by atomic mass is 9.85. The maximum atomic E-state index is 13.9. The summed E-state index contributed by atoms with van der Waals surface area (Å²) in [7, 11) is 0. The Morgan fingerprint density at radius 2 is 1.29 bits per heavy atom. The molecule has 0 aliphatic carbocycles. The molecule has 0 heterocycles. The van der Waals surface area contributed by atoms with Gasteiger partial charge in [0.25, 0.3) is 0 Å². The van der Waals surface area contributed by atoms with Crippen molar-refractivity contribution in [2.75, 3.05) is 13.2 Å². The van der Waals surface area contributed by atoms with Gasteiger partial charge in [0, 0.05) is 24.9 Å². The molecule has 2 aromatic rings. The van der Waals surface area contributed by atoms with E-state index in [2.05, 4.69) is 17.6 Å². The molecule has 0 aliphatic rings. The lowest BCUT2D eigenvalue weighted by molar-refractivity contribution is -0.149. The van der Waals surface area contributed by atoms with Crippen molar-refractivity contribution in [1.82, 2.24) is 10.6 Å². The molecule has 0 spiro atoms. The Morgan fingerprint density at radius 1 is 0.714 bits per heavy atom. The van der Waals surface area contributed by atoms with Crippen molar-refractivity contribution in [1.29, 1.82) is 0 Å². The minimum absolute atomic E-state index is 0.0242. The van der Waals surface area contributed by atoms with Gasteiger partial charge in [0.05, 0.1) is 12.5 Å². The summed E-state index contributed by atoms with van der Waals surface area (Å²) in [6.07, 6.45) is 12.0. The number of benzene rings is 2. The van der Waals surface area contributed by atoms with Gasteiger partial charge in [-0.1, -0.05) is 119 Å². The molecule has 2 amide bonds. The van der Waals surface area contributed by atoms with Crippen molar-refractivity contribution in [3.8, 4) is 0 Å². The fourth-order valence-corrected chi connectivity index (χ4v) is 5.41. The van der Waals surface area contributed by atoms with Gasteiger partial charge in [0.2, 0.25) is 11.8 Å². The Kier molecular flexibility index (Phi) is 18.0. The van der Waals surface area contributed by atoms with Crippen LogP contribution in [0.2, 0.25) is 0 Å². The van der Waals surface area contributed by atoms with Crippen molar-refractivity contribution in [2.24, 2.45) is 11.8 Å². The molecule has 1 unspecified atom stereocenters. The molecule has 0 bridgehead atoms. The zero-order valence-corrected chi connectivity index (χ0v) is 26.2. The van der Waals surface area contributed by atoms with Crippen LogP contribution in [0.3, 0.4) is 0 Å². The summed E-state index contributed by atoms with van der Waals surface area (Å²) in [5.74, 6) is -1.06. The first kappa shape index (κ1) is 35.0. The SMILES string of the molecule is CCCCCCCCCC(CCNC(=O)CC)NC(=O)[C@H](Cc1ccccc1)C[C@@H](Cc1ccccc1)C(=O)OCC. The second kappa shape index (κ2) is 21.5. The zero-order valence-electron chi connectivity index (χ0n) is 26.2. The standard InChI is InChI=1S/C36H54N2O4/c1-4-7-8-9-10-11-18-23-33(24-25-37-34(39)5-2)38-35(40)31(26-29-19-14-12-15-20-29)28-32(36(41)42-6-3)27-30-21-16-13-17-22-30/h12-17,19-22,31-33H,4-11,18,23-28H2,1-3H3,(H,37,39)(H,38,40)/t31-,32-,33?/m1/s1.